The minimum Gasteiger partial charge on any atom is -0.465 e. The van der Waals surface area contributed by atoms with Crippen molar-refractivity contribution in [2.75, 3.05) is 26.9 Å². The number of carbonyl (C=O) groups is 12. The number of ether oxygens (including phenoxy) is 16. The second-order valence-corrected chi connectivity index (χ2v) is 23.4. The summed E-state index contributed by atoms with van der Waals surface area (Å²) < 4.78 is 96.2. The van der Waals surface area contributed by atoms with Crippen molar-refractivity contribution in [2.45, 2.75) is 221 Å². The average Bonchev–Trinajstić information content (AvgIpc) is 0.768. The maximum Gasteiger partial charge on any atom is 0.366 e. The molecule has 16 atom stereocenters. The van der Waals surface area contributed by atoms with Gasteiger partial charge in [-0.1, -0.05) is 99.6 Å². The molecule has 30 heteroatoms. The van der Waals surface area contributed by atoms with E-state index in [0.29, 0.717) is 10.5 Å². The summed E-state index contributed by atoms with van der Waals surface area (Å²) in [7, 11) is 0.861. The first kappa shape index (κ1) is 76.2. The Morgan fingerprint density at radius 2 is 1.05 bits per heavy atom. The van der Waals surface area contributed by atoms with Crippen molar-refractivity contribution in [1.29, 1.82) is 0 Å². The van der Waals surface area contributed by atoms with Crippen LogP contribution >= 0.6 is 0 Å². The SMILES string of the molecule is COC(=O)[C@@]1(OC[C@H]2O[C@@H](O[C@H]3[C@H](OC(=O)C(C)C)[C@@H](OC(=O)C(C)C)[C@H](OCc4ccccc4)O[C@@H]3COC(=O)C(C)C)[C@H](OC(=O)C(C)C)[C@@H](OC(=O)C(C)C)[C@H]2O)C[C@H](OC(C)=O)[C@@H](N(C(C)=O)C(C)=O)[C@H]([C@H](OC(C)=O)[C@@H](COC(C)=O)OC(C)=O)O1. The van der Waals surface area contributed by atoms with Gasteiger partial charge in [-0.05, 0) is 5.56 Å². The highest BCUT2D eigenvalue weighted by Gasteiger charge is 2.63. The molecule has 0 saturated carbocycles. The summed E-state index contributed by atoms with van der Waals surface area (Å²) in [6, 6.07) is 6.75. The van der Waals surface area contributed by atoms with Gasteiger partial charge >= 0.3 is 59.7 Å². The maximum atomic E-state index is 14.7. The third-order valence-corrected chi connectivity index (χ3v) is 14.1. The molecule has 1 aromatic carbocycles. The lowest BCUT2D eigenvalue weighted by Gasteiger charge is -2.51. The van der Waals surface area contributed by atoms with Gasteiger partial charge in [0.2, 0.25) is 11.8 Å². The van der Waals surface area contributed by atoms with Crippen molar-refractivity contribution in [3.05, 3.63) is 35.9 Å². The summed E-state index contributed by atoms with van der Waals surface area (Å²) in [5, 5.41) is 12.6. The zero-order chi connectivity index (χ0) is 68.5. The van der Waals surface area contributed by atoms with Crippen LogP contribution in [0.4, 0.5) is 0 Å². The number of carbonyl (C=O) groups excluding carboxylic acids is 12. The lowest BCUT2D eigenvalue weighted by molar-refractivity contribution is -0.370. The van der Waals surface area contributed by atoms with E-state index in [-0.39, 0.29) is 6.61 Å². The number of amides is 2. The van der Waals surface area contributed by atoms with Crippen LogP contribution in [0.25, 0.3) is 0 Å². The van der Waals surface area contributed by atoms with E-state index in [0.717, 1.165) is 48.7 Å². The Morgan fingerprint density at radius 1 is 0.560 bits per heavy atom. The van der Waals surface area contributed by atoms with Crippen LogP contribution in [0, 0.1) is 29.6 Å². The summed E-state index contributed by atoms with van der Waals surface area (Å²) in [5.41, 5.74) is 0.616. The molecule has 3 saturated heterocycles. The molecule has 4 rings (SSSR count). The molecule has 0 radical (unpaired) electrons. The first-order valence-electron chi connectivity index (χ1n) is 29.7. The van der Waals surface area contributed by atoms with Crippen molar-refractivity contribution >= 4 is 71.5 Å². The average molecular weight is 1300 g/mol. The molecule has 3 fully saturated rings. The Kier molecular flexibility index (Phi) is 28.9. The third-order valence-electron chi connectivity index (χ3n) is 14.1. The van der Waals surface area contributed by atoms with E-state index in [4.69, 9.17) is 75.8 Å². The van der Waals surface area contributed by atoms with Gasteiger partial charge in [0.25, 0.3) is 5.79 Å². The molecule has 0 bridgehead atoms. The zero-order valence-electron chi connectivity index (χ0n) is 54.3. The van der Waals surface area contributed by atoms with Crippen molar-refractivity contribution in [2.24, 2.45) is 29.6 Å². The number of nitrogens with zero attached hydrogens (tertiary/aromatic N) is 1. The van der Waals surface area contributed by atoms with Crippen LogP contribution in [0.3, 0.4) is 0 Å². The summed E-state index contributed by atoms with van der Waals surface area (Å²) >= 11 is 0. The molecule has 0 aliphatic carbocycles. The molecular weight excluding hydrogens is 1210 g/mol. The van der Waals surface area contributed by atoms with E-state index >= 15 is 0 Å². The number of aliphatic hydroxyl groups is 1. The summed E-state index contributed by atoms with van der Waals surface area (Å²) in [6.07, 6.45) is -28.4. The molecule has 1 aromatic rings. The predicted molar refractivity (Wildman–Crippen MR) is 305 cm³/mol. The van der Waals surface area contributed by atoms with Gasteiger partial charge in [-0.2, -0.15) is 0 Å². The van der Waals surface area contributed by atoms with Gasteiger partial charge in [-0.15, -0.1) is 0 Å². The largest absolute Gasteiger partial charge is 0.465 e. The van der Waals surface area contributed by atoms with E-state index in [2.05, 4.69) is 0 Å². The van der Waals surface area contributed by atoms with Crippen molar-refractivity contribution in [3.63, 3.8) is 0 Å². The predicted octanol–water partition coefficient (Wildman–Crippen LogP) is 2.67. The Hall–Kier alpha value is -7.22. The number of benzene rings is 1. The number of imide groups is 1. The van der Waals surface area contributed by atoms with Gasteiger partial charge in [0, 0.05) is 41.5 Å². The van der Waals surface area contributed by atoms with E-state index in [1.807, 2.05) is 0 Å². The van der Waals surface area contributed by atoms with Gasteiger partial charge in [0.1, 0.15) is 55.9 Å². The van der Waals surface area contributed by atoms with Crippen LogP contribution in [-0.4, -0.2) is 206 Å². The number of methoxy groups -OCH3 is 1. The Bertz CT molecular complexity index is 2700. The first-order valence-corrected chi connectivity index (χ1v) is 29.7. The maximum absolute atomic E-state index is 14.7. The normalized spacial score (nSPS) is 27.1. The van der Waals surface area contributed by atoms with E-state index < -0.39 is 225 Å². The van der Waals surface area contributed by atoms with Gasteiger partial charge < -0.3 is 80.9 Å². The first-order chi connectivity index (χ1) is 42.5. The van der Waals surface area contributed by atoms with Crippen LogP contribution in [0.5, 0.6) is 0 Å². The zero-order valence-corrected chi connectivity index (χ0v) is 54.3. The molecule has 91 heavy (non-hydrogen) atoms. The van der Waals surface area contributed by atoms with Crippen LogP contribution in [-0.2, 0) is 140 Å². The fraction of sp³-hybridized carbons (Fsp3) is 0.705. The molecule has 0 spiro atoms. The molecule has 3 aliphatic heterocycles. The number of esters is 10. The smallest absolute Gasteiger partial charge is 0.366 e. The Morgan fingerprint density at radius 3 is 1.53 bits per heavy atom. The highest BCUT2D eigenvalue weighted by Crippen LogP contribution is 2.42. The topological polar surface area (TPSA) is 376 Å². The van der Waals surface area contributed by atoms with Gasteiger partial charge in [-0.25, -0.2) is 4.79 Å². The molecular formula is C61H87NO29. The van der Waals surface area contributed by atoms with Crippen molar-refractivity contribution in [3.8, 4) is 0 Å². The summed E-state index contributed by atoms with van der Waals surface area (Å²) in [4.78, 5) is 162. The molecule has 1 N–H and O–H groups in total. The molecule has 2 amide bonds. The molecule has 30 nitrogen and oxygen atoms in total. The molecule has 0 aromatic heterocycles. The van der Waals surface area contributed by atoms with Gasteiger partial charge in [0.05, 0.1) is 56.3 Å². The number of rotatable bonds is 28. The highest BCUT2D eigenvalue weighted by molar-refractivity contribution is 5.93. The van der Waals surface area contributed by atoms with Gasteiger partial charge in [-0.3, -0.25) is 57.6 Å². The quantitative estimate of drug-likeness (QED) is 0.0930. The minimum atomic E-state index is -3.04. The second-order valence-electron chi connectivity index (χ2n) is 23.4. The Labute approximate surface area is 527 Å². The second kappa shape index (κ2) is 34.4. The standard InChI is InChI=1S/C61H87NO29/c1-28(2)53(70)78-26-43-47(50(87-55(72)30(5)6)52(89-57(74)32(9)10)58(85-43)79-24-39-21-19-18-20-22-39)90-59-51(88-56(73)31(7)8)49(86-54(71)29(3)4)45(69)41(84-59)27-80-61(60(75)76-17)23-40(81-36(14)66)44(62(33(11)63)34(12)64)48(91-61)46(83-38(16)68)42(82-37(15)67)25-77-35(13)65/h18-22,28-32,40-52,58-59,69H,23-27H2,1-17H3/t40-,41+,42+,43+,44+,45-,46+,47+,48+,49-,50-,51+,52+,58+,59-,61+/m0/s1. The van der Waals surface area contributed by atoms with E-state index in [1.54, 1.807) is 44.2 Å². The summed E-state index contributed by atoms with van der Waals surface area (Å²) in [6.45, 7) is 17.5. The lowest BCUT2D eigenvalue weighted by Crippen LogP contribution is -2.71. The monoisotopic (exact) mass is 1300 g/mol. The molecule has 3 heterocycles. The van der Waals surface area contributed by atoms with E-state index in [9.17, 15) is 62.6 Å². The highest BCUT2D eigenvalue weighted by atomic mass is 16.8. The van der Waals surface area contributed by atoms with Crippen LogP contribution in [0.2, 0.25) is 0 Å². The van der Waals surface area contributed by atoms with Crippen LogP contribution in [0.15, 0.2) is 30.3 Å². The number of hydrogen-bond donors (Lipinski definition) is 1. The van der Waals surface area contributed by atoms with Crippen molar-refractivity contribution in [1.82, 2.24) is 4.90 Å². The number of aliphatic hydroxyl groups excluding tert-OH is 1. The molecule has 3 aliphatic rings. The van der Waals surface area contributed by atoms with Crippen LogP contribution in [0.1, 0.15) is 123 Å². The molecule has 510 valence electrons. The fourth-order valence-electron chi connectivity index (χ4n) is 9.57. The third kappa shape index (κ3) is 21.2. The Balaban J connectivity index is 2.08. The van der Waals surface area contributed by atoms with Crippen molar-refractivity contribution < 1.29 is 138 Å². The minimum absolute atomic E-state index is 0.186. The summed E-state index contributed by atoms with van der Waals surface area (Å²) in [5.74, 6) is -19.6. The lowest BCUT2D eigenvalue weighted by atomic mass is 9.86. The molecule has 0 unspecified atom stereocenters. The number of hydrogen-bond acceptors (Lipinski definition) is 29. The fourth-order valence-corrected chi connectivity index (χ4v) is 9.57. The van der Waals surface area contributed by atoms with Gasteiger partial charge in [0.15, 0.2) is 49.2 Å². The van der Waals surface area contributed by atoms with Crippen LogP contribution < -0.4 is 0 Å². The van der Waals surface area contributed by atoms with E-state index in [1.165, 1.54) is 55.4 Å².